The molecule has 24 heavy (non-hydrogen) atoms. The van der Waals surface area contributed by atoms with E-state index in [4.69, 9.17) is 0 Å². The summed E-state index contributed by atoms with van der Waals surface area (Å²) in [6.45, 7) is 13.6. The number of hydrogen-bond acceptors (Lipinski definition) is 3. The van der Waals surface area contributed by atoms with Crippen LogP contribution in [0, 0.1) is 13.8 Å². The third-order valence-electron chi connectivity index (χ3n) is 3.57. The molecule has 3 N–H and O–H groups in total. The topological polar surface area (TPSA) is 83.3 Å². The first-order valence-corrected chi connectivity index (χ1v) is 8.46. The molecule has 0 atom stereocenters. The van der Waals surface area contributed by atoms with Crippen molar-refractivity contribution in [2.45, 2.75) is 53.5 Å². The molecule has 0 fully saturated rings. The molecule has 1 heterocycles. The minimum atomic E-state index is -0.242. The van der Waals surface area contributed by atoms with Crippen molar-refractivity contribution in [3.05, 3.63) is 17.0 Å². The van der Waals surface area contributed by atoms with Gasteiger partial charge in [0.15, 0.2) is 5.96 Å². The van der Waals surface area contributed by atoms with Crippen LogP contribution >= 0.6 is 0 Å². The zero-order valence-corrected chi connectivity index (χ0v) is 16.1. The van der Waals surface area contributed by atoms with Crippen LogP contribution in [0.15, 0.2) is 4.99 Å². The van der Waals surface area contributed by atoms with Crippen molar-refractivity contribution in [3.8, 4) is 0 Å². The van der Waals surface area contributed by atoms with Crippen LogP contribution in [0.4, 0.5) is 0 Å². The Kier molecular flexibility index (Phi) is 7.25. The molecule has 1 aromatic rings. The van der Waals surface area contributed by atoms with E-state index in [1.807, 2.05) is 46.3 Å². The van der Waals surface area contributed by atoms with Gasteiger partial charge < -0.3 is 16.0 Å². The Morgan fingerprint density at radius 3 is 2.42 bits per heavy atom. The number of aromatic nitrogens is 2. The van der Waals surface area contributed by atoms with E-state index in [1.54, 1.807) is 0 Å². The lowest BCUT2D eigenvalue weighted by Crippen LogP contribution is -2.43. The first-order chi connectivity index (χ1) is 11.1. The normalized spacial score (nSPS) is 12.2. The summed E-state index contributed by atoms with van der Waals surface area (Å²) in [4.78, 5) is 16.2. The number of nitrogens with one attached hydrogen (secondary N) is 3. The van der Waals surface area contributed by atoms with Gasteiger partial charge in [0.2, 0.25) is 5.91 Å². The maximum atomic E-state index is 11.9. The highest BCUT2D eigenvalue weighted by Crippen LogP contribution is 2.11. The second kappa shape index (κ2) is 8.70. The number of aryl methyl sites for hydroxylation is 2. The van der Waals surface area contributed by atoms with Crippen LogP contribution in [0.3, 0.4) is 0 Å². The van der Waals surface area contributed by atoms with E-state index in [2.05, 4.69) is 33.0 Å². The fourth-order valence-electron chi connectivity index (χ4n) is 2.44. The molecule has 7 nitrogen and oxygen atoms in total. The van der Waals surface area contributed by atoms with Gasteiger partial charge in [-0.2, -0.15) is 5.10 Å². The zero-order chi connectivity index (χ0) is 18.3. The smallest absolute Gasteiger partial charge is 0.242 e. The number of carbonyl (C=O) groups is 1. The molecular formula is C17H32N6O. The molecule has 0 aromatic carbocycles. The molecule has 0 spiro atoms. The highest BCUT2D eigenvalue weighted by molar-refractivity contribution is 5.85. The van der Waals surface area contributed by atoms with Crippen LogP contribution in [0.1, 0.15) is 44.6 Å². The zero-order valence-electron chi connectivity index (χ0n) is 16.1. The standard InChI is InChI=1S/C17H32N6O/c1-8-18-16(20-11-15(24)21-17(4,5)6)19-10-9-14-12(2)22-23(7)13(14)3/h8-11H2,1-7H3,(H,21,24)(H2,18,19,20). The lowest BCUT2D eigenvalue weighted by Gasteiger charge is -2.20. The van der Waals surface area contributed by atoms with Crippen LogP contribution in [0.25, 0.3) is 0 Å². The number of rotatable bonds is 6. The van der Waals surface area contributed by atoms with Crippen LogP contribution in [-0.4, -0.2) is 46.8 Å². The Labute approximate surface area is 145 Å². The summed E-state index contributed by atoms with van der Waals surface area (Å²) in [7, 11) is 1.96. The first kappa shape index (κ1) is 20.0. The Morgan fingerprint density at radius 2 is 1.92 bits per heavy atom. The average molecular weight is 336 g/mol. The summed E-state index contributed by atoms with van der Waals surface area (Å²) in [5, 5.41) is 13.8. The van der Waals surface area contributed by atoms with E-state index in [1.165, 1.54) is 11.3 Å². The predicted molar refractivity (Wildman–Crippen MR) is 98.3 cm³/mol. The summed E-state index contributed by atoms with van der Waals surface area (Å²) in [5.74, 6) is 0.569. The molecule has 1 rings (SSSR count). The minimum Gasteiger partial charge on any atom is -0.357 e. The first-order valence-electron chi connectivity index (χ1n) is 8.46. The van der Waals surface area contributed by atoms with E-state index >= 15 is 0 Å². The minimum absolute atomic E-state index is 0.0846. The molecule has 1 amide bonds. The Hall–Kier alpha value is -2.05. The van der Waals surface area contributed by atoms with Gasteiger partial charge in [-0.05, 0) is 53.5 Å². The van der Waals surface area contributed by atoms with Gasteiger partial charge in [0.1, 0.15) is 6.54 Å². The SMILES string of the molecule is CCNC(=NCC(=O)NC(C)(C)C)NCCc1c(C)nn(C)c1C. The van der Waals surface area contributed by atoms with Crippen LogP contribution in [-0.2, 0) is 18.3 Å². The molecule has 0 aliphatic heterocycles. The molecule has 7 heteroatoms. The van der Waals surface area contributed by atoms with Gasteiger partial charge in [0.05, 0.1) is 5.69 Å². The summed E-state index contributed by atoms with van der Waals surface area (Å²) in [6.07, 6.45) is 0.865. The molecule has 0 saturated heterocycles. The largest absolute Gasteiger partial charge is 0.357 e. The molecule has 136 valence electrons. The molecule has 0 unspecified atom stereocenters. The Balaban J connectivity index is 2.56. The van der Waals surface area contributed by atoms with Crippen LogP contribution in [0.5, 0.6) is 0 Å². The van der Waals surface area contributed by atoms with Crippen molar-refractivity contribution in [1.29, 1.82) is 0 Å². The number of hydrogen-bond donors (Lipinski definition) is 3. The molecule has 0 aliphatic carbocycles. The van der Waals surface area contributed by atoms with Crippen molar-refractivity contribution in [3.63, 3.8) is 0 Å². The van der Waals surface area contributed by atoms with Gasteiger partial charge in [-0.1, -0.05) is 0 Å². The van der Waals surface area contributed by atoms with Gasteiger partial charge in [0, 0.05) is 31.4 Å². The molecular weight excluding hydrogens is 304 g/mol. The van der Waals surface area contributed by atoms with Gasteiger partial charge >= 0.3 is 0 Å². The number of amides is 1. The monoisotopic (exact) mass is 336 g/mol. The summed E-state index contributed by atoms with van der Waals surface area (Å²) < 4.78 is 1.90. The second-order valence-electron chi connectivity index (χ2n) is 6.94. The van der Waals surface area contributed by atoms with Crippen molar-refractivity contribution in [2.24, 2.45) is 12.0 Å². The van der Waals surface area contributed by atoms with Crippen LogP contribution < -0.4 is 16.0 Å². The van der Waals surface area contributed by atoms with E-state index < -0.39 is 0 Å². The number of aliphatic imine (C=N–C) groups is 1. The second-order valence-corrected chi connectivity index (χ2v) is 6.94. The number of nitrogens with zero attached hydrogens (tertiary/aromatic N) is 3. The fraction of sp³-hybridized carbons (Fsp3) is 0.706. The fourth-order valence-corrected chi connectivity index (χ4v) is 2.44. The van der Waals surface area contributed by atoms with E-state index in [0.717, 1.165) is 25.2 Å². The summed E-state index contributed by atoms with van der Waals surface area (Å²) in [6, 6.07) is 0. The summed E-state index contributed by atoms with van der Waals surface area (Å²) >= 11 is 0. The summed E-state index contributed by atoms with van der Waals surface area (Å²) in [5.41, 5.74) is 3.25. The average Bonchev–Trinajstić information content (AvgIpc) is 2.69. The molecule has 0 saturated carbocycles. The van der Waals surface area contributed by atoms with Crippen molar-refractivity contribution in [1.82, 2.24) is 25.7 Å². The van der Waals surface area contributed by atoms with Crippen LogP contribution in [0.2, 0.25) is 0 Å². The van der Waals surface area contributed by atoms with E-state index in [0.29, 0.717) is 5.96 Å². The number of guanidine groups is 1. The molecule has 0 aliphatic rings. The maximum Gasteiger partial charge on any atom is 0.242 e. The lowest BCUT2D eigenvalue weighted by atomic mass is 10.1. The van der Waals surface area contributed by atoms with Gasteiger partial charge in [-0.15, -0.1) is 0 Å². The van der Waals surface area contributed by atoms with Crippen molar-refractivity contribution < 1.29 is 4.79 Å². The highest BCUT2D eigenvalue weighted by atomic mass is 16.2. The highest BCUT2D eigenvalue weighted by Gasteiger charge is 2.13. The number of carbonyl (C=O) groups excluding carboxylic acids is 1. The van der Waals surface area contributed by atoms with E-state index in [9.17, 15) is 4.79 Å². The maximum absolute atomic E-state index is 11.9. The van der Waals surface area contributed by atoms with Gasteiger partial charge in [0.25, 0.3) is 0 Å². The quantitative estimate of drug-likeness (QED) is 0.536. The lowest BCUT2D eigenvalue weighted by molar-refractivity contribution is -0.121. The molecule has 0 radical (unpaired) electrons. The van der Waals surface area contributed by atoms with Crippen molar-refractivity contribution in [2.75, 3.05) is 19.6 Å². The molecule has 1 aromatic heterocycles. The third-order valence-corrected chi connectivity index (χ3v) is 3.57. The van der Waals surface area contributed by atoms with Gasteiger partial charge in [-0.25, -0.2) is 4.99 Å². The Morgan fingerprint density at radius 1 is 1.25 bits per heavy atom. The molecule has 0 bridgehead atoms. The van der Waals surface area contributed by atoms with Crippen molar-refractivity contribution >= 4 is 11.9 Å². The van der Waals surface area contributed by atoms with E-state index in [-0.39, 0.29) is 18.0 Å². The third kappa shape index (κ3) is 6.60. The Bertz CT molecular complexity index is 583. The predicted octanol–water partition coefficient (Wildman–Crippen LogP) is 1.05. The van der Waals surface area contributed by atoms with Gasteiger partial charge in [-0.3, -0.25) is 9.48 Å².